The monoisotopic (exact) mass is 453 g/mol. The van der Waals surface area contributed by atoms with Gasteiger partial charge in [-0.2, -0.15) is 5.06 Å². The van der Waals surface area contributed by atoms with E-state index in [1.54, 1.807) is 0 Å². The maximum absolute atomic E-state index is 6.40. The second-order valence-electron chi connectivity index (χ2n) is 10.1. The first-order chi connectivity index (χ1) is 15.2. The van der Waals surface area contributed by atoms with Gasteiger partial charge in [0.1, 0.15) is 0 Å². The molecule has 0 saturated carbocycles. The quantitative estimate of drug-likeness (QED) is 0.126. The SMILES string of the molecule is C=C[C@@H](CCCCCO[Si](C)(C)C(C)(C)C)ON(Cc1ccccc1)Cc1ccccc1. The zero-order chi connectivity index (χ0) is 23.5. The molecule has 0 aliphatic rings. The van der Waals surface area contributed by atoms with E-state index in [1.807, 2.05) is 18.2 Å². The van der Waals surface area contributed by atoms with Crippen LogP contribution in [0, 0.1) is 0 Å². The van der Waals surface area contributed by atoms with Crippen molar-refractivity contribution in [2.75, 3.05) is 6.61 Å². The van der Waals surface area contributed by atoms with Gasteiger partial charge in [-0.3, -0.25) is 4.84 Å². The lowest BCUT2D eigenvalue weighted by Crippen LogP contribution is -2.40. The first-order valence-corrected chi connectivity index (χ1v) is 14.9. The molecule has 0 bridgehead atoms. The van der Waals surface area contributed by atoms with E-state index in [0.717, 1.165) is 45.4 Å². The van der Waals surface area contributed by atoms with Crippen molar-refractivity contribution in [1.82, 2.24) is 5.06 Å². The smallest absolute Gasteiger partial charge is 0.191 e. The standard InChI is InChI=1S/C28H43NO2Si/c1-7-27(21-15-10-16-22-30-32(5,6)28(2,3)4)31-29(23-25-17-11-8-12-18-25)24-26-19-13-9-14-20-26/h7-9,11-14,17-20,27H,1,10,15-16,21-24H2,2-6H3/t27-/m0/s1. The van der Waals surface area contributed by atoms with Crippen molar-refractivity contribution in [1.29, 1.82) is 0 Å². The molecule has 2 rings (SSSR count). The third-order valence-corrected chi connectivity index (χ3v) is 10.9. The van der Waals surface area contributed by atoms with E-state index in [2.05, 4.69) is 94.0 Å². The Morgan fingerprint density at radius 1 is 0.875 bits per heavy atom. The van der Waals surface area contributed by atoms with E-state index in [4.69, 9.17) is 9.26 Å². The highest BCUT2D eigenvalue weighted by atomic mass is 28.4. The van der Waals surface area contributed by atoms with Crippen LogP contribution >= 0.6 is 0 Å². The number of hydrogen-bond donors (Lipinski definition) is 0. The van der Waals surface area contributed by atoms with E-state index in [1.165, 1.54) is 11.1 Å². The number of hydrogen-bond acceptors (Lipinski definition) is 3. The summed E-state index contributed by atoms with van der Waals surface area (Å²) in [6.07, 6.45) is 6.30. The van der Waals surface area contributed by atoms with Crippen molar-refractivity contribution in [3.63, 3.8) is 0 Å². The third-order valence-electron chi connectivity index (χ3n) is 6.35. The molecule has 0 fully saturated rings. The third kappa shape index (κ3) is 9.41. The summed E-state index contributed by atoms with van der Waals surface area (Å²) in [7, 11) is -1.64. The Morgan fingerprint density at radius 2 is 1.41 bits per heavy atom. The van der Waals surface area contributed by atoms with Crippen molar-refractivity contribution >= 4 is 8.32 Å². The van der Waals surface area contributed by atoms with Gasteiger partial charge in [-0.25, -0.2) is 0 Å². The fraction of sp³-hybridized carbons (Fsp3) is 0.500. The Bertz CT molecular complexity index is 730. The Labute approximate surface area is 197 Å². The Kier molecular flexibility index (Phi) is 10.9. The molecule has 4 heteroatoms. The van der Waals surface area contributed by atoms with Crippen LogP contribution in [-0.2, 0) is 22.4 Å². The number of hydroxylamine groups is 2. The molecular formula is C28H43NO2Si. The lowest BCUT2D eigenvalue weighted by atomic mass is 10.1. The number of unbranched alkanes of at least 4 members (excludes halogenated alkanes) is 2. The van der Waals surface area contributed by atoms with E-state index < -0.39 is 8.32 Å². The molecule has 2 aromatic carbocycles. The molecule has 2 aromatic rings. The van der Waals surface area contributed by atoms with Crippen LogP contribution in [-0.4, -0.2) is 26.1 Å². The molecule has 0 saturated heterocycles. The maximum atomic E-state index is 6.40. The summed E-state index contributed by atoms with van der Waals surface area (Å²) in [6.45, 7) is 17.9. The molecule has 0 aliphatic heterocycles. The Morgan fingerprint density at radius 3 is 1.88 bits per heavy atom. The second-order valence-corrected chi connectivity index (χ2v) is 14.9. The summed E-state index contributed by atoms with van der Waals surface area (Å²) < 4.78 is 6.30. The molecular weight excluding hydrogens is 410 g/mol. The summed E-state index contributed by atoms with van der Waals surface area (Å²) >= 11 is 0. The summed E-state index contributed by atoms with van der Waals surface area (Å²) in [6, 6.07) is 21.0. The topological polar surface area (TPSA) is 21.7 Å². The maximum Gasteiger partial charge on any atom is 0.191 e. The highest BCUT2D eigenvalue weighted by molar-refractivity contribution is 6.74. The zero-order valence-corrected chi connectivity index (χ0v) is 21.8. The van der Waals surface area contributed by atoms with Gasteiger partial charge in [0, 0.05) is 19.7 Å². The largest absolute Gasteiger partial charge is 0.417 e. The average molecular weight is 454 g/mol. The number of benzene rings is 2. The summed E-state index contributed by atoms with van der Waals surface area (Å²) in [5, 5.41) is 2.34. The molecule has 0 heterocycles. The number of nitrogens with zero attached hydrogens (tertiary/aromatic N) is 1. The van der Waals surface area contributed by atoms with Gasteiger partial charge >= 0.3 is 0 Å². The van der Waals surface area contributed by atoms with Crippen LogP contribution in [0.15, 0.2) is 73.3 Å². The Balaban J connectivity index is 1.82. The molecule has 176 valence electrons. The molecule has 0 unspecified atom stereocenters. The van der Waals surface area contributed by atoms with Gasteiger partial charge in [-0.1, -0.05) is 100 Å². The summed E-state index contributed by atoms with van der Waals surface area (Å²) in [5.41, 5.74) is 2.49. The minimum absolute atomic E-state index is 0.0173. The van der Waals surface area contributed by atoms with Crippen molar-refractivity contribution in [2.45, 2.75) is 83.8 Å². The number of rotatable bonds is 14. The Hall–Kier alpha value is -1.72. The highest BCUT2D eigenvalue weighted by Crippen LogP contribution is 2.36. The van der Waals surface area contributed by atoms with Crippen molar-refractivity contribution in [2.24, 2.45) is 0 Å². The van der Waals surface area contributed by atoms with Crippen LogP contribution in [0.5, 0.6) is 0 Å². The lowest BCUT2D eigenvalue weighted by molar-refractivity contribution is -0.199. The van der Waals surface area contributed by atoms with Crippen LogP contribution < -0.4 is 0 Å². The molecule has 0 spiro atoms. The van der Waals surface area contributed by atoms with E-state index in [0.29, 0.717) is 0 Å². The minimum atomic E-state index is -1.64. The molecule has 32 heavy (non-hydrogen) atoms. The molecule has 0 N–H and O–H groups in total. The van der Waals surface area contributed by atoms with Gasteiger partial charge in [-0.05, 0) is 42.1 Å². The predicted octanol–water partition coefficient (Wildman–Crippen LogP) is 7.76. The minimum Gasteiger partial charge on any atom is -0.417 e. The average Bonchev–Trinajstić information content (AvgIpc) is 2.75. The van der Waals surface area contributed by atoms with Crippen molar-refractivity contribution < 1.29 is 9.26 Å². The highest BCUT2D eigenvalue weighted by Gasteiger charge is 2.36. The molecule has 0 aromatic heterocycles. The van der Waals surface area contributed by atoms with Gasteiger partial charge in [0.15, 0.2) is 8.32 Å². The fourth-order valence-corrected chi connectivity index (χ4v) is 4.37. The second kappa shape index (κ2) is 13.1. The zero-order valence-electron chi connectivity index (χ0n) is 20.8. The van der Waals surface area contributed by atoms with Crippen molar-refractivity contribution in [3.8, 4) is 0 Å². The summed E-state index contributed by atoms with van der Waals surface area (Å²) in [4.78, 5) is 6.40. The van der Waals surface area contributed by atoms with Gasteiger partial charge in [-0.15, -0.1) is 6.58 Å². The predicted molar refractivity (Wildman–Crippen MR) is 139 cm³/mol. The van der Waals surface area contributed by atoms with Gasteiger partial charge in [0.2, 0.25) is 0 Å². The fourth-order valence-electron chi connectivity index (χ4n) is 3.28. The van der Waals surface area contributed by atoms with Crippen molar-refractivity contribution in [3.05, 3.63) is 84.4 Å². The molecule has 0 radical (unpaired) electrons. The first-order valence-electron chi connectivity index (χ1n) is 12.0. The van der Waals surface area contributed by atoms with Crippen LogP contribution in [0.3, 0.4) is 0 Å². The molecule has 0 aliphatic carbocycles. The summed E-state index contributed by atoms with van der Waals surface area (Å²) in [5.74, 6) is 0. The molecule has 3 nitrogen and oxygen atoms in total. The molecule has 0 amide bonds. The van der Waals surface area contributed by atoms with Crippen LogP contribution in [0.1, 0.15) is 57.6 Å². The van der Waals surface area contributed by atoms with Gasteiger partial charge < -0.3 is 4.43 Å². The van der Waals surface area contributed by atoms with Crippen LogP contribution in [0.25, 0.3) is 0 Å². The van der Waals surface area contributed by atoms with Gasteiger partial charge in [0.05, 0.1) is 6.10 Å². The normalized spacial score (nSPS) is 13.3. The van der Waals surface area contributed by atoms with E-state index >= 15 is 0 Å². The molecule has 1 atom stereocenters. The van der Waals surface area contributed by atoms with Gasteiger partial charge in [0.25, 0.3) is 0 Å². The first kappa shape index (κ1) is 26.5. The van der Waals surface area contributed by atoms with E-state index in [-0.39, 0.29) is 11.1 Å². The lowest BCUT2D eigenvalue weighted by Gasteiger charge is -2.36. The van der Waals surface area contributed by atoms with E-state index in [9.17, 15) is 0 Å². The van der Waals surface area contributed by atoms with Crippen LogP contribution in [0.2, 0.25) is 18.1 Å². The van der Waals surface area contributed by atoms with Crippen LogP contribution in [0.4, 0.5) is 0 Å².